The number of carboxylic acid groups (broad SMARTS) is 1. The molecule has 2 aliphatic heterocycles. The average Bonchev–Trinajstić information content (AvgIpc) is 3.57. The Morgan fingerprint density at radius 3 is 2.67 bits per heavy atom. The molecule has 11 heteroatoms. The highest BCUT2D eigenvalue weighted by Crippen LogP contribution is 2.43. The van der Waals surface area contributed by atoms with Crippen molar-refractivity contribution in [2.45, 2.75) is 57.6 Å². The van der Waals surface area contributed by atoms with E-state index in [9.17, 15) is 19.5 Å². The molecule has 0 bridgehead atoms. The average molecular weight is 566 g/mol. The van der Waals surface area contributed by atoms with Crippen LogP contribution in [0.3, 0.4) is 0 Å². The molecule has 6 rings (SSSR count). The smallest absolute Gasteiger partial charge is 0.307 e. The van der Waals surface area contributed by atoms with Crippen LogP contribution in [0.2, 0.25) is 5.02 Å². The Kier molecular flexibility index (Phi) is 7.35. The van der Waals surface area contributed by atoms with Gasteiger partial charge in [-0.3, -0.25) is 18.8 Å². The molecule has 40 heavy (non-hydrogen) atoms. The third-order valence-electron chi connectivity index (χ3n) is 8.48. The van der Waals surface area contributed by atoms with Crippen LogP contribution < -0.4 is 4.74 Å². The summed E-state index contributed by atoms with van der Waals surface area (Å²) < 4.78 is 8.15. The predicted octanol–water partition coefficient (Wildman–Crippen LogP) is 3.90. The Balaban J connectivity index is 1.35. The number of hydrogen-bond donors (Lipinski definition) is 1. The van der Waals surface area contributed by atoms with E-state index >= 15 is 0 Å². The summed E-state index contributed by atoms with van der Waals surface area (Å²) in [7, 11) is 0. The normalized spacial score (nSPS) is 22.9. The van der Waals surface area contributed by atoms with Crippen molar-refractivity contribution in [1.29, 1.82) is 0 Å². The van der Waals surface area contributed by atoms with Crippen LogP contribution in [0.4, 0.5) is 0 Å². The van der Waals surface area contributed by atoms with E-state index in [4.69, 9.17) is 16.3 Å². The van der Waals surface area contributed by atoms with E-state index in [-0.39, 0.29) is 18.4 Å². The Hall–Kier alpha value is -3.66. The number of benzene rings is 1. The minimum absolute atomic E-state index is 0.0577. The number of imidazole rings is 1. The van der Waals surface area contributed by atoms with Crippen LogP contribution in [0.25, 0.3) is 5.78 Å². The SMILES string of the molecule is O=C(O)[C@@H]1CCCCC1C(=O)N1CCc2c(Cl)ccc(OCc3cn4cccnc4n3)c2[C@H]1CN1CCCC1=O. The highest BCUT2D eigenvalue weighted by molar-refractivity contribution is 6.31. The number of carbonyl (C=O) groups excluding carboxylic acids is 2. The molecule has 10 nitrogen and oxygen atoms in total. The zero-order valence-corrected chi connectivity index (χ0v) is 22.9. The first-order valence-corrected chi connectivity index (χ1v) is 14.3. The molecule has 1 saturated carbocycles. The highest BCUT2D eigenvalue weighted by Gasteiger charge is 2.43. The lowest BCUT2D eigenvalue weighted by molar-refractivity contribution is -0.154. The van der Waals surface area contributed by atoms with Crippen molar-refractivity contribution in [3.05, 3.63) is 58.6 Å². The van der Waals surface area contributed by atoms with Crippen LogP contribution in [-0.4, -0.2) is 66.7 Å². The van der Waals surface area contributed by atoms with Gasteiger partial charge in [0.15, 0.2) is 0 Å². The number of ether oxygens (including phenoxy) is 1. The minimum Gasteiger partial charge on any atom is -0.487 e. The quantitative estimate of drug-likeness (QED) is 0.461. The Labute approximate surface area is 236 Å². The maximum atomic E-state index is 14.1. The predicted molar refractivity (Wildman–Crippen MR) is 146 cm³/mol. The van der Waals surface area contributed by atoms with E-state index in [0.29, 0.717) is 67.6 Å². The molecule has 0 spiro atoms. The number of aromatic nitrogens is 3. The molecule has 2 amide bonds. The van der Waals surface area contributed by atoms with Crippen LogP contribution in [0.5, 0.6) is 5.75 Å². The second-order valence-corrected chi connectivity index (χ2v) is 11.3. The number of carbonyl (C=O) groups is 3. The van der Waals surface area contributed by atoms with Crippen molar-refractivity contribution in [2.24, 2.45) is 11.8 Å². The number of amides is 2. The molecule has 2 aromatic heterocycles. The largest absolute Gasteiger partial charge is 0.487 e. The number of rotatable bonds is 7. The fourth-order valence-corrected chi connectivity index (χ4v) is 6.76. The third kappa shape index (κ3) is 5.00. The standard InChI is InChI=1S/C29H32ClN5O5/c30-22-8-9-24(40-17-18-15-34-13-4-11-31-29(34)32-18)26-21(22)10-14-35(23(26)16-33-12-3-7-25(33)36)27(37)19-5-1-2-6-20(19)28(38)39/h4,8-9,11,13,15,19-20,23H,1-3,5-7,10,12,14,16-17H2,(H,38,39)/t19?,20-,23-/m1/s1. The van der Waals surface area contributed by atoms with Gasteiger partial charge in [0.25, 0.3) is 0 Å². The fourth-order valence-electron chi connectivity index (χ4n) is 6.50. The van der Waals surface area contributed by atoms with Crippen LogP contribution in [-0.2, 0) is 27.4 Å². The highest BCUT2D eigenvalue weighted by atomic mass is 35.5. The Bertz CT molecular complexity index is 1420. The van der Waals surface area contributed by atoms with Gasteiger partial charge in [-0.25, -0.2) is 9.97 Å². The van der Waals surface area contributed by atoms with E-state index in [0.717, 1.165) is 30.4 Å². The number of hydrogen-bond acceptors (Lipinski definition) is 6. The van der Waals surface area contributed by atoms with Gasteiger partial charge in [-0.15, -0.1) is 0 Å². The van der Waals surface area contributed by atoms with Gasteiger partial charge in [0.1, 0.15) is 12.4 Å². The van der Waals surface area contributed by atoms with E-state index < -0.39 is 23.8 Å². The Morgan fingerprint density at radius 2 is 1.93 bits per heavy atom. The molecule has 3 atom stereocenters. The molecule has 210 valence electrons. The van der Waals surface area contributed by atoms with E-state index in [1.54, 1.807) is 22.1 Å². The van der Waals surface area contributed by atoms with Crippen LogP contribution in [0.15, 0.2) is 36.8 Å². The molecule has 0 radical (unpaired) electrons. The van der Waals surface area contributed by atoms with Crippen molar-refractivity contribution in [3.63, 3.8) is 0 Å². The molecule has 1 unspecified atom stereocenters. The molecule has 1 saturated heterocycles. The van der Waals surface area contributed by atoms with E-state index in [1.807, 2.05) is 28.9 Å². The zero-order chi connectivity index (χ0) is 27.8. The van der Waals surface area contributed by atoms with Crippen molar-refractivity contribution in [3.8, 4) is 5.75 Å². The van der Waals surface area contributed by atoms with Crippen molar-refractivity contribution < 1.29 is 24.2 Å². The van der Waals surface area contributed by atoms with Gasteiger partial charge in [0, 0.05) is 55.2 Å². The van der Waals surface area contributed by atoms with Gasteiger partial charge >= 0.3 is 5.97 Å². The van der Waals surface area contributed by atoms with Gasteiger partial charge in [-0.1, -0.05) is 24.4 Å². The maximum absolute atomic E-state index is 14.1. The van der Waals surface area contributed by atoms with Gasteiger partial charge < -0.3 is 19.6 Å². The number of nitrogens with zero attached hydrogens (tertiary/aromatic N) is 5. The second-order valence-electron chi connectivity index (χ2n) is 10.9. The monoisotopic (exact) mass is 565 g/mol. The van der Waals surface area contributed by atoms with E-state index in [1.165, 1.54) is 0 Å². The van der Waals surface area contributed by atoms with Gasteiger partial charge in [-0.05, 0) is 49.4 Å². The molecule has 3 aliphatic rings. The zero-order valence-electron chi connectivity index (χ0n) is 22.2. The van der Waals surface area contributed by atoms with Crippen LogP contribution >= 0.6 is 11.6 Å². The minimum atomic E-state index is -0.921. The molecule has 1 N–H and O–H groups in total. The number of carboxylic acids is 1. The summed E-state index contributed by atoms with van der Waals surface area (Å²) >= 11 is 6.69. The van der Waals surface area contributed by atoms with Gasteiger partial charge in [0.2, 0.25) is 17.6 Å². The maximum Gasteiger partial charge on any atom is 0.307 e. The number of halogens is 1. The summed E-state index contributed by atoms with van der Waals surface area (Å²) in [5, 5.41) is 10.5. The first-order valence-electron chi connectivity index (χ1n) is 13.9. The molecule has 1 aromatic carbocycles. The summed E-state index contributed by atoms with van der Waals surface area (Å²) in [4.78, 5) is 51.2. The number of fused-ring (bicyclic) bond motifs is 2. The Morgan fingerprint density at radius 1 is 1.10 bits per heavy atom. The van der Waals surface area contributed by atoms with Crippen LogP contribution in [0, 0.1) is 11.8 Å². The molecule has 1 aliphatic carbocycles. The number of aliphatic carboxylic acids is 1. The summed E-state index contributed by atoms with van der Waals surface area (Å²) in [6.45, 7) is 1.53. The molecule has 3 aromatic rings. The lowest BCUT2D eigenvalue weighted by Gasteiger charge is -2.43. The van der Waals surface area contributed by atoms with Crippen molar-refractivity contribution in [2.75, 3.05) is 19.6 Å². The lowest BCUT2D eigenvalue weighted by Crippen LogP contribution is -2.50. The fraction of sp³-hybridized carbons (Fsp3) is 0.483. The lowest BCUT2D eigenvalue weighted by atomic mass is 9.77. The van der Waals surface area contributed by atoms with Crippen molar-refractivity contribution in [1.82, 2.24) is 24.2 Å². The first kappa shape index (κ1) is 26.6. The topological polar surface area (TPSA) is 117 Å². The summed E-state index contributed by atoms with van der Waals surface area (Å²) in [6, 6.07) is 4.94. The molecule has 4 heterocycles. The molecule has 2 fully saturated rings. The number of likely N-dealkylation sites (tertiary alicyclic amines) is 1. The molecular formula is C29H32ClN5O5. The van der Waals surface area contributed by atoms with Gasteiger partial charge in [0.05, 0.1) is 23.6 Å². The van der Waals surface area contributed by atoms with Crippen molar-refractivity contribution >= 4 is 35.2 Å². The third-order valence-corrected chi connectivity index (χ3v) is 8.84. The molecular weight excluding hydrogens is 534 g/mol. The summed E-state index contributed by atoms with van der Waals surface area (Å²) in [6.07, 6.45) is 9.87. The van der Waals surface area contributed by atoms with E-state index in [2.05, 4.69) is 9.97 Å². The van der Waals surface area contributed by atoms with Gasteiger partial charge in [-0.2, -0.15) is 0 Å². The summed E-state index contributed by atoms with van der Waals surface area (Å²) in [5.74, 6) is -1.15. The second kappa shape index (κ2) is 11.1. The van der Waals surface area contributed by atoms with Crippen LogP contribution in [0.1, 0.15) is 61.4 Å². The summed E-state index contributed by atoms with van der Waals surface area (Å²) in [5.41, 5.74) is 2.38. The first-order chi connectivity index (χ1) is 19.4.